The van der Waals surface area contributed by atoms with E-state index in [1.807, 2.05) is 17.4 Å². The Balaban J connectivity index is 1.95. The molecule has 1 aromatic carbocycles. The molecule has 20 heavy (non-hydrogen) atoms. The first-order chi connectivity index (χ1) is 9.88. The van der Waals surface area contributed by atoms with Gasteiger partial charge in [0.05, 0.1) is 13.2 Å². The van der Waals surface area contributed by atoms with Crippen LogP contribution in [0.1, 0.15) is 16.5 Å². The fourth-order valence-electron chi connectivity index (χ4n) is 2.75. The molecule has 0 amide bonds. The first-order valence-corrected chi connectivity index (χ1v) is 7.88. The van der Waals surface area contributed by atoms with E-state index in [9.17, 15) is 0 Å². The smallest absolute Gasteiger partial charge is 0.119 e. The lowest BCUT2D eigenvalue weighted by atomic mass is 10.0. The van der Waals surface area contributed by atoms with Gasteiger partial charge in [-0.15, -0.1) is 11.3 Å². The highest BCUT2D eigenvalue weighted by molar-refractivity contribution is 7.10. The summed E-state index contributed by atoms with van der Waals surface area (Å²) in [6.07, 6.45) is 0. The van der Waals surface area contributed by atoms with Gasteiger partial charge in [0.25, 0.3) is 0 Å². The molecule has 1 fully saturated rings. The molecule has 1 aliphatic heterocycles. The lowest BCUT2D eigenvalue weighted by molar-refractivity contribution is 0.200. The van der Waals surface area contributed by atoms with Gasteiger partial charge in [-0.3, -0.25) is 4.90 Å². The summed E-state index contributed by atoms with van der Waals surface area (Å²) in [7, 11) is 1.73. The summed E-state index contributed by atoms with van der Waals surface area (Å²) in [5.41, 5.74) is 1.31. The number of ether oxygens (including phenoxy) is 1. The molecule has 1 atom stereocenters. The van der Waals surface area contributed by atoms with Crippen molar-refractivity contribution in [2.75, 3.05) is 33.3 Å². The van der Waals surface area contributed by atoms with Crippen LogP contribution in [0.15, 0.2) is 41.8 Å². The Morgan fingerprint density at radius 2 is 2.05 bits per heavy atom. The molecule has 0 saturated carbocycles. The van der Waals surface area contributed by atoms with Crippen LogP contribution in [0, 0.1) is 0 Å². The maximum Gasteiger partial charge on any atom is 0.119 e. The van der Waals surface area contributed by atoms with Crippen LogP contribution in [0.5, 0.6) is 5.75 Å². The predicted molar refractivity (Wildman–Crippen MR) is 83.6 cm³/mol. The van der Waals surface area contributed by atoms with Crippen LogP contribution in [-0.4, -0.2) is 38.2 Å². The molecule has 1 N–H and O–H groups in total. The molecule has 2 aromatic rings. The molecule has 1 aromatic heterocycles. The molecule has 0 radical (unpaired) electrons. The van der Waals surface area contributed by atoms with Gasteiger partial charge in [0.1, 0.15) is 5.75 Å². The highest BCUT2D eigenvalue weighted by atomic mass is 32.1. The number of piperazine rings is 1. The number of benzene rings is 1. The van der Waals surface area contributed by atoms with Crippen LogP contribution in [0.25, 0.3) is 0 Å². The number of nitrogens with zero attached hydrogens (tertiary/aromatic N) is 1. The van der Waals surface area contributed by atoms with Crippen LogP contribution in [0.2, 0.25) is 0 Å². The summed E-state index contributed by atoms with van der Waals surface area (Å²) >= 11 is 1.83. The zero-order valence-corrected chi connectivity index (χ0v) is 12.5. The monoisotopic (exact) mass is 288 g/mol. The lowest BCUT2D eigenvalue weighted by Gasteiger charge is -2.34. The van der Waals surface area contributed by atoms with Gasteiger partial charge >= 0.3 is 0 Å². The lowest BCUT2D eigenvalue weighted by Crippen LogP contribution is -2.45. The van der Waals surface area contributed by atoms with E-state index >= 15 is 0 Å². The molecule has 3 nitrogen and oxygen atoms in total. The van der Waals surface area contributed by atoms with E-state index in [0.717, 1.165) is 31.9 Å². The van der Waals surface area contributed by atoms with Crippen molar-refractivity contribution in [2.24, 2.45) is 0 Å². The Kier molecular flexibility index (Phi) is 4.35. The number of methoxy groups -OCH3 is 1. The Bertz CT molecular complexity index is 535. The van der Waals surface area contributed by atoms with Crippen molar-refractivity contribution in [1.82, 2.24) is 10.2 Å². The van der Waals surface area contributed by atoms with Gasteiger partial charge < -0.3 is 10.1 Å². The molecule has 1 aliphatic rings. The first-order valence-electron chi connectivity index (χ1n) is 7.00. The molecule has 106 valence electrons. The first kappa shape index (κ1) is 13.6. The second-order valence-corrected chi connectivity index (χ2v) is 5.96. The SMILES string of the molecule is COc1cccc([C@@H](c2cccs2)N2CCNCC2)c1. The normalized spacial score (nSPS) is 17.9. The van der Waals surface area contributed by atoms with Crippen LogP contribution < -0.4 is 10.1 Å². The molecule has 1 saturated heterocycles. The molecule has 0 spiro atoms. The Morgan fingerprint density at radius 3 is 2.75 bits per heavy atom. The van der Waals surface area contributed by atoms with Crippen LogP contribution in [0.4, 0.5) is 0 Å². The summed E-state index contributed by atoms with van der Waals surface area (Å²) < 4.78 is 5.38. The van der Waals surface area contributed by atoms with Crippen LogP contribution >= 0.6 is 11.3 Å². The van der Waals surface area contributed by atoms with Gasteiger partial charge in [-0.1, -0.05) is 18.2 Å². The van der Waals surface area contributed by atoms with Gasteiger partial charge in [0.2, 0.25) is 0 Å². The number of thiophene rings is 1. The minimum atomic E-state index is 0.340. The van der Waals surface area contributed by atoms with E-state index in [2.05, 4.69) is 45.9 Å². The predicted octanol–water partition coefficient (Wildman–Crippen LogP) is 2.75. The highest BCUT2D eigenvalue weighted by Gasteiger charge is 2.24. The quantitative estimate of drug-likeness (QED) is 0.936. The maximum atomic E-state index is 5.38. The van der Waals surface area contributed by atoms with Crippen molar-refractivity contribution in [3.63, 3.8) is 0 Å². The van der Waals surface area contributed by atoms with E-state index in [-0.39, 0.29) is 0 Å². The van der Waals surface area contributed by atoms with E-state index in [4.69, 9.17) is 4.74 Å². The van der Waals surface area contributed by atoms with Crippen molar-refractivity contribution >= 4 is 11.3 Å². The Hall–Kier alpha value is -1.36. The van der Waals surface area contributed by atoms with E-state index in [1.165, 1.54) is 10.4 Å². The molecule has 0 aliphatic carbocycles. The van der Waals surface area contributed by atoms with Crippen molar-refractivity contribution in [3.05, 3.63) is 52.2 Å². The van der Waals surface area contributed by atoms with Crippen LogP contribution in [-0.2, 0) is 0 Å². The van der Waals surface area contributed by atoms with Crippen LogP contribution in [0.3, 0.4) is 0 Å². The van der Waals surface area contributed by atoms with Crippen molar-refractivity contribution in [3.8, 4) is 5.75 Å². The molecule has 2 heterocycles. The highest BCUT2D eigenvalue weighted by Crippen LogP contribution is 2.33. The fourth-order valence-corrected chi connectivity index (χ4v) is 3.64. The van der Waals surface area contributed by atoms with Gasteiger partial charge in [0, 0.05) is 31.1 Å². The molecular weight excluding hydrogens is 268 g/mol. The number of rotatable bonds is 4. The van der Waals surface area contributed by atoms with Gasteiger partial charge in [-0.05, 0) is 29.1 Å². The average Bonchev–Trinajstić information content (AvgIpc) is 3.03. The topological polar surface area (TPSA) is 24.5 Å². The number of nitrogens with one attached hydrogen (secondary N) is 1. The molecule has 0 unspecified atom stereocenters. The molecular formula is C16H20N2OS. The summed E-state index contributed by atoms with van der Waals surface area (Å²) in [6, 6.07) is 13.2. The maximum absolute atomic E-state index is 5.38. The molecule has 3 rings (SSSR count). The minimum Gasteiger partial charge on any atom is -0.497 e. The van der Waals surface area contributed by atoms with Gasteiger partial charge in [0.15, 0.2) is 0 Å². The summed E-state index contributed by atoms with van der Waals surface area (Å²) in [6.45, 7) is 4.29. The molecule has 0 bridgehead atoms. The average molecular weight is 288 g/mol. The zero-order valence-electron chi connectivity index (χ0n) is 11.7. The Labute approximate surface area is 124 Å². The second kappa shape index (κ2) is 6.39. The Morgan fingerprint density at radius 1 is 1.20 bits per heavy atom. The summed E-state index contributed by atoms with van der Waals surface area (Å²) in [4.78, 5) is 3.96. The van der Waals surface area contributed by atoms with E-state index < -0.39 is 0 Å². The zero-order chi connectivity index (χ0) is 13.8. The fraction of sp³-hybridized carbons (Fsp3) is 0.375. The van der Waals surface area contributed by atoms with E-state index in [1.54, 1.807) is 7.11 Å². The van der Waals surface area contributed by atoms with Crippen molar-refractivity contribution < 1.29 is 4.74 Å². The standard InChI is InChI=1S/C16H20N2OS/c1-19-14-5-2-4-13(12-14)16(15-6-3-11-20-15)18-9-7-17-8-10-18/h2-6,11-12,16-17H,7-10H2,1H3/t16-/m0/s1. The van der Waals surface area contributed by atoms with E-state index in [0.29, 0.717) is 6.04 Å². The van der Waals surface area contributed by atoms with Crippen molar-refractivity contribution in [1.29, 1.82) is 0 Å². The minimum absolute atomic E-state index is 0.340. The third kappa shape index (κ3) is 2.87. The van der Waals surface area contributed by atoms with Gasteiger partial charge in [-0.25, -0.2) is 0 Å². The second-order valence-electron chi connectivity index (χ2n) is 4.98. The molecule has 4 heteroatoms. The number of hydrogen-bond acceptors (Lipinski definition) is 4. The number of hydrogen-bond donors (Lipinski definition) is 1. The van der Waals surface area contributed by atoms with Gasteiger partial charge in [-0.2, -0.15) is 0 Å². The summed E-state index contributed by atoms with van der Waals surface area (Å²) in [5, 5.41) is 5.58. The summed E-state index contributed by atoms with van der Waals surface area (Å²) in [5.74, 6) is 0.930. The third-order valence-electron chi connectivity index (χ3n) is 3.74. The van der Waals surface area contributed by atoms with Crippen molar-refractivity contribution in [2.45, 2.75) is 6.04 Å². The largest absolute Gasteiger partial charge is 0.497 e. The third-order valence-corrected chi connectivity index (χ3v) is 4.66.